The van der Waals surface area contributed by atoms with Crippen LogP contribution in [-0.4, -0.2) is 5.78 Å². The van der Waals surface area contributed by atoms with Gasteiger partial charge in [-0.1, -0.05) is 33.6 Å². The number of hydrogen-bond donors (Lipinski definition) is 0. The zero-order valence-electron chi connectivity index (χ0n) is 20.7. The Balaban J connectivity index is 1.57. The summed E-state index contributed by atoms with van der Waals surface area (Å²) in [6, 6.07) is 2.24. The molecule has 0 bridgehead atoms. The highest BCUT2D eigenvalue weighted by molar-refractivity contribution is 5.94. The molecule has 3 heteroatoms. The van der Waals surface area contributed by atoms with Crippen molar-refractivity contribution in [2.24, 2.45) is 17.3 Å². The first-order valence-electron chi connectivity index (χ1n) is 12.7. The predicted molar refractivity (Wildman–Crippen MR) is 129 cm³/mol. The van der Waals surface area contributed by atoms with E-state index < -0.39 is 0 Å². The normalized spacial score (nSPS) is 30.2. The molecule has 0 N–H and O–H groups in total. The van der Waals surface area contributed by atoms with Gasteiger partial charge in [0.05, 0.1) is 0 Å². The lowest BCUT2D eigenvalue weighted by Crippen LogP contribution is -2.42. The SMILES string of the molecule is CC(=O)C1=C(Oc2oc3cc4c(c(C)c3c2C)C(C)CCC4)CC2CCCC(C)C2(C)C1. The quantitative estimate of drug-likeness (QED) is 0.492. The third-order valence-corrected chi connectivity index (χ3v) is 9.35. The predicted octanol–water partition coefficient (Wildman–Crippen LogP) is 7.95. The van der Waals surface area contributed by atoms with Gasteiger partial charge in [-0.15, -0.1) is 0 Å². The molecule has 4 unspecified atom stereocenters. The molecule has 0 spiro atoms. The van der Waals surface area contributed by atoms with E-state index in [0.717, 1.165) is 41.7 Å². The summed E-state index contributed by atoms with van der Waals surface area (Å²) in [7, 11) is 0. The zero-order chi connectivity index (χ0) is 22.8. The van der Waals surface area contributed by atoms with Gasteiger partial charge in [-0.25, -0.2) is 0 Å². The molecule has 5 rings (SSSR count). The molecule has 1 aromatic carbocycles. The van der Waals surface area contributed by atoms with E-state index in [1.165, 1.54) is 54.2 Å². The van der Waals surface area contributed by atoms with Crippen molar-refractivity contribution >= 4 is 16.8 Å². The summed E-state index contributed by atoms with van der Waals surface area (Å²) in [5.41, 5.74) is 7.36. The highest BCUT2D eigenvalue weighted by Gasteiger charge is 2.47. The summed E-state index contributed by atoms with van der Waals surface area (Å²) in [5.74, 6) is 3.39. The number of Topliss-reactive ketones (excluding diaryl/α,β-unsaturated/α-hetero) is 1. The first-order chi connectivity index (χ1) is 15.2. The van der Waals surface area contributed by atoms with Gasteiger partial charge in [-0.05, 0) is 98.8 Å². The van der Waals surface area contributed by atoms with E-state index >= 15 is 0 Å². The summed E-state index contributed by atoms with van der Waals surface area (Å²) in [6.07, 6.45) is 9.07. The molecule has 1 fully saturated rings. The average Bonchev–Trinajstić information content (AvgIpc) is 3.04. The smallest absolute Gasteiger partial charge is 0.293 e. The first-order valence-corrected chi connectivity index (χ1v) is 12.7. The van der Waals surface area contributed by atoms with Crippen LogP contribution >= 0.6 is 0 Å². The lowest BCUT2D eigenvalue weighted by Gasteiger charge is -2.49. The van der Waals surface area contributed by atoms with Crippen LogP contribution in [0.3, 0.4) is 0 Å². The molecule has 0 saturated heterocycles. The van der Waals surface area contributed by atoms with Crippen LogP contribution in [0.5, 0.6) is 5.95 Å². The van der Waals surface area contributed by atoms with Gasteiger partial charge < -0.3 is 9.15 Å². The zero-order valence-corrected chi connectivity index (χ0v) is 20.7. The van der Waals surface area contributed by atoms with Crippen LogP contribution in [0.1, 0.15) is 101 Å². The van der Waals surface area contributed by atoms with E-state index in [2.05, 4.69) is 40.7 Å². The maximum absolute atomic E-state index is 12.7. The maximum atomic E-state index is 12.7. The molecule has 0 radical (unpaired) electrons. The molecule has 32 heavy (non-hydrogen) atoms. The fraction of sp³-hybridized carbons (Fsp3) is 0.621. The molecule has 3 nitrogen and oxygen atoms in total. The summed E-state index contributed by atoms with van der Waals surface area (Å²) >= 11 is 0. The number of rotatable bonds is 3. The van der Waals surface area contributed by atoms with Crippen LogP contribution in [0, 0.1) is 31.1 Å². The Hall–Kier alpha value is -2.03. The molecule has 2 aromatic rings. The van der Waals surface area contributed by atoms with E-state index in [1.54, 1.807) is 6.92 Å². The molecule has 1 heterocycles. The van der Waals surface area contributed by atoms with Crippen LogP contribution in [0.4, 0.5) is 0 Å². The number of ketones is 1. The number of carbonyl (C=O) groups excluding carboxylic acids is 1. The fourth-order valence-corrected chi connectivity index (χ4v) is 7.18. The van der Waals surface area contributed by atoms with Crippen molar-refractivity contribution in [2.45, 2.75) is 98.8 Å². The average molecular weight is 435 g/mol. The standard InChI is InChI=1S/C29H38O3/c1-16-9-7-11-21-13-25-27(18(3)26(16)21)19(4)28(32-25)31-24-14-22-12-8-10-17(2)29(22,6)15-23(24)20(5)30/h13,16-17,22H,7-12,14-15H2,1-6H3. The van der Waals surface area contributed by atoms with Crippen LogP contribution in [-0.2, 0) is 11.2 Å². The van der Waals surface area contributed by atoms with Crippen molar-refractivity contribution in [3.63, 3.8) is 0 Å². The molecular formula is C29H38O3. The van der Waals surface area contributed by atoms with E-state index in [0.29, 0.717) is 23.7 Å². The van der Waals surface area contributed by atoms with Gasteiger partial charge in [0.25, 0.3) is 5.95 Å². The molecule has 1 saturated carbocycles. The summed E-state index contributed by atoms with van der Waals surface area (Å²) < 4.78 is 12.8. The number of hydrogen-bond acceptors (Lipinski definition) is 3. The molecule has 3 aliphatic carbocycles. The lowest BCUT2D eigenvalue weighted by atomic mass is 9.55. The Morgan fingerprint density at radius 2 is 1.91 bits per heavy atom. The van der Waals surface area contributed by atoms with Crippen molar-refractivity contribution < 1.29 is 13.9 Å². The highest BCUT2D eigenvalue weighted by Crippen LogP contribution is 2.55. The maximum Gasteiger partial charge on any atom is 0.293 e. The Labute approximate surface area is 192 Å². The highest BCUT2D eigenvalue weighted by atomic mass is 16.6. The van der Waals surface area contributed by atoms with Crippen molar-refractivity contribution in [3.05, 3.63) is 39.7 Å². The molecule has 0 amide bonds. The fourth-order valence-electron chi connectivity index (χ4n) is 7.18. The number of fused-ring (bicyclic) bond motifs is 3. The van der Waals surface area contributed by atoms with Crippen LogP contribution in [0.2, 0.25) is 0 Å². The van der Waals surface area contributed by atoms with E-state index in [9.17, 15) is 4.79 Å². The van der Waals surface area contributed by atoms with Crippen molar-refractivity contribution in [1.29, 1.82) is 0 Å². The van der Waals surface area contributed by atoms with Crippen molar-refractivity contribution in [1.82, 2.24) is 0 Å². The minimum atomic E-state index is 0.145. The van der Waals surface area contributed by atoms with Crippen molar-refractivity contribution in [3.8, 4) is 5.95 Å². The number of carbonyl (C=O) groups is 1. The minimum Gasteiger partial charge on any atom is -0.430 e. The van der Waals surface area contributed by atoms with Crippen LogP contribution in [0.15, 0.2) is 21.8 Å². The third-order valence-electron chi connectivity index (χ3n) is 9.35. The molecule has 4 atom stereocenters. The molecule has 0 aliphatic heterocycles. The minimum absolute atomic E-state index is 0.145. The van der Waals surface area contributed by atoms with Gasteiger partial charge in [0.2, 0.25) is 0 Å². The first kappa shape index (κ1) is 21.8. The summed E-state index contributed by atoms with van der Waals surface area (Å²) in [4.78, 5) is 12.7. The largest absolute Gasteiger partial charge is 0.430 e. The van der Waals surface area contributed by atoms with Gasteiger partial charge in [-0.2, -0.15) is 0 Å². The Morgan fingerprint density at radius 1 is 1.12 bits per heavy atom. The van der Waals surface area contributed by atoms with E-state index in [1.807, 2.05) is 0 Å². The van der Waals surface area contributed by atoms with Gasteiger partial charge in [0.1, 0.15) is 11.3 Å². The van der Waals surface area contributed by atoms with Gasteiger partial charge in [0.15, 0.2) is 5.78 Å². The van der Waals surface area contributed by atoms with E-state index in [-0.39, 0.29) is 11.2 Å². The monoisotopic (exact) mass is 434 g/mol. The second-order valence-corrected chi connectivity index (χ2v) is 11.2. The molecule has 1 aromatic heterocycles. The Kier molecular flexibility index (Phi) is 5.30. The van der Waals surface area contributed by atoms with E-state index in [4.69, 9.17) is 9.15 Å². The number of furan rings is 1. The summed E-state index contributed by atoms with van der Waals surface area (Å²) in [5, 5.41) is 1.20. The number of aryl methyl sites for hydroxylation is 3. The topological polar surface area (TPSA) is 39.4 Å². The number of ether oxygens (including phenoxy) is 1. The lowest BCUT2D eigenvalue weighted by molar-refractivity contribution is -0.115. The third kappa shape index (κ3) is 3.26. The second-order valence-electron chi connectivity index (χ2n) is 11.2. The second kappa shape index (κ2) is 7.78. The number of benzene rings is 1. The van der Waals surface area contributed by atoms with Crippen molar-refractivity contribution in [2.75, 3.05) is 0 Å². The van der Waals surface area contributed by atoms with Gasteiger partial charge in [-0.3, -0.25) is 4.79 Å². The molecule has 3 aliphatic rings. The molecule has 172 valence electrons. The van der Waals surface area contributed by atoms with Crippen LogP contribution in [0.25, 0.3) is 11.0 Å². The van der Waals surface area contributed by atoms with Gasteiger partial charge in [0, 0.05) is 22.9 Å². The van der Waals surface area contributed by atoms with Gasteiger partial charge >= 0.3 is 0 Å². The van der Waals surface area contributed by atoms with Crippen LogP contribution < -0.4 is 4.74 Å². The molecular weight excluding hydrogens is 396 g/mol. The number of allylic oxidation sites excluding steroid dienone is 2. The summed E-state index contributed by atoms with van der Waals surface area (Å²) in [6.45, 7) is 13.1. The Bertz CT molecular complexity index is 1120. The Morgan fingerprint density at radius 3 is 2.66 bits per heavy atom.